The highest BCUT2D eigenvalue weighted by atomic mass is 35.5. The van der Waals surface area contributed by atoms with E-state index < -0.39 is 5.82 Å². The van der Waals surface area contributed by atoms with Gasteiger partial charge in [0.1, 0.15) is 5.82 Å². The molecule has 3 aromatic rings. The minimum Gasteiger partial charge on any atom is -0.307 e. The van der Waals surface area contributed by atoms with Gasteiger partial charge in [-0.2, -0.15) is 0 Å². The third-order valence-electron chi connectivity index (χ3n) is 8.04. The SMILES string of the molecule is O=C1[C@@H]2[C@H]3C[C@@H]([C@@H]2C(=O)N1c1ccc(F)cc1)[C@@H]1[C@@H](c2ccc(Cl)cc2)c2sc(=O)[nH]c2S[C@@H]31. The number of carbonyl (C=O) groups is 2. The van der Waals surface area contributed by atoms with Gasteiger partial charge in [0.25, 0.3) is 0 Å². The average Bonchev–Trinajstić information content (AvgIpc) is 3.54. The molecule has 5 nitrogen and oxygen atoms in total. The molecule has 0 radical (unpaired) electrons. The van der Waals surface area contributed by atoms with E-state index in [2.05, 4.69) is 4.98 Å². The van der Waals surface area contributed by atoms with Crippen LogP contribution >= 0.6 is 34.7 Å². The maximum atomic E-state index is 13.6. The summed E-state index contributed by atoms with van der Waals surface area (Å²) in [6.45, 7) is 0. The van der Waals surface area contributed by atoms with Crippen molar-refractivity contribution < 1.29 is 14.0 Å². The number of thioether (sulfide) groups is 1. The van der Waals surface area contributed by atoms with Crippen molar-refractivity contribution in [2.24, 2.45) is 29.6 Å². The van der Waals surface area contributed by atoms with Crippen LogP contribution in [0.5, 0.6) is 0 Å². The molecular formula is C25H18ClFN2O3S2. The van der Waals surface area contributed by atoms with E-state index in [0.717, 1.165) is 21.9 Å². The van der Waals surface area contributed by atoms with Gasteiger partial charge in [-0.05, 0) is 66.1 Å². The second kappa shape index (κ2) is 7.29. The summed E-state index contributed by atoms with van der Waals surface area (Å²) in [5.41, 5.74) is 1.51. The summed E-state index contributed by atoms with van der Waals surface area (Å²) < 4.78 is 13.5. The van der Waals surface area contributed by atoms with Crippen LogP contribution in [0.4, 0.5) is 10.1 Å². The Hall–Kier alpha value is -2.42. The number of fused-ring (bicyclic) bond motifs is 9. The fraction of sp³-hybridized carbons (Fsp3) is 0.320. The molecule has 34 heavy (non-hydrogen) atoms. The van der Waals surface area contributed by atoms with E-state index in [9.17, 15) is 18.8 Å². The number of carbonyl (C=O) groups excluding carboxylic acids is 2. The third-order valence-corrected chi connectivity index (χ3v) is 10.9. The van der Waals surface area contributed by atoms with E-state index in [-0.39, 0.29) is 57.4 Å². The molecule has 7 atom stereocenters. The van der Waals surface area contributed by atoms with Crippen LogP contribution in [0.1, 0.15) is 22.8 Å². The smallest absolute Gasteiger partial charge is 0.305 e. The van der Waals surface area contributed by atoms with Crippen LogP contribution < -0.4 is 9.77 Å². The fourth-order valence-electron chi connectivity index (χ4n) is 6.90. The lowest BCUT2D eigenvalue weighted by atomic mass is 9.68. The number of hydrogen-bond acceptors (Lipinski definition) is 5. The Bertz CT molecular complexity index is 1400. The molecule has 0 unspecified atom stereocenters. The summed E-state index contributed by atoms with van der Waals surface area (Å²) in [5, 5.41) is 1.66. The zero-order valence-corrected chi connectivity index (χ0v) is 20.0. The minimum absolute atomic E-state index is 0.0267. The largest absolute Gasteiger partial charge is 0.307 e. The number of nitrogens with one attached hydrogen (secondary N) is 1. The van der Waals surface area contributed by atoms with E-state index in [0.29, 0.717) is 10.7 Å². The number of nitrogens with zero attached hydrogens (tertiary/aromatic N) is 1. The predicted octanol–water partition coefficient (Wildman–Crippen LogP) is 4.91. The van der Waals surface area contributed by atoms with Crippen molar-refractivity contribution in [1.82, 2.24) is 4.98 Å². The molecule has 1 saturated heterocycles. The highest BCUT2D eigenvalue weighted by Crippen LogP contribution is 2.68. The Balaban J connectivity index is 1.32. The van der Waals surface area contributed by atoms with Crippen molar-refractivity contribution in [1.29, 1.82) is 0 Å². The van der Waals surface area contributed by atoms with Crippen LogP contribution in [0, 0.1) is 35.4 Å². The molecule has 3 heterocycles. The number of rotatable bonds is 2. The molecule has 0 spiro atoms. The molecule has 2 amide bonds. The number of anilines is 1. The molecule has 4 aliphatic rings. The Kier molecular flexibility index (Phi) is 4.48. The lowest BCUT2D eigenvalue weighted by Gasteiger charge is -2.43. The molecule has 1 N–H and O–H groups in total. The van der Waals surface area contributed by atoms with Gasteiger partial charge in [-0.3, -0.25) is 19.3 Å². The zero-order valence-electron chi connectivity index (χ0n) is 17.6. The standard InChI is InChI=1S/C25H18ClFN2O3S2/c26-11-3-1-10(2-4-11)16-17-14-9-15(20(17)33-22-21(16)34-25(32)28-22)19-18(14)23(30)29(24(19)31)13-7-5-12(27)6-8-13/h1-8,14-20H,9H2,(H,28,32)/t14-,15-,16-,17-,18+,19-,20+/m1/s1. The molecule has 2 aromatic carbocycles. The molecule has 2 saturated carbocycles. The number of aromatic amines is 1. The topological polar surface area (TPSA) is 70.2 Å². The number of H-pyrrole nitrogens is 1. The second-order valence-corrected chi connectivity index (χ2v) is 12.1. The first-order chi connectivity index (χ1) is 16.4. The van der Waals surface area contributed by atoms with Gasteiger partial charge in [-0.15, -0.1) is 11.8 Å². The predicted molar refractivity (Wildman–Crippen MR) is 129 cm³/mol. The molecule has 7 rings (SSSR count). The van der Waals surface area contributed by atoms with Gasteiger partial charge in [0.05, 0.1) is 22.5 Å². The molecule has 3 fully saturated rings. The number of imide groups is 1. The lowest BCUT2D eigenvalue weighted by Crippen LogP contribution is -2.42. The maximum Gasteiger partial charge on any atom is 0.305 e. The number of aromatic nitrogens is 1. The highest BCUT2D eigenvalue weighted by Gasteiger charge is 2.69. The second-order valence-electron chi connectivity index (χ2n) is 9.50. The summed E-state index contributed by atoms with van der Waals surface area (Å²) in [6, 6.07) is 13.3. The molecular weight excluding hydrogens is 495 g/mol. The number of halogens is 2. The van der Waals surface area contributed by atoms with Gasteiger partial charge in [-0.25, -0.2) is 4.39 Å². The van der Waals surface area contributed by atoms with Crippen molar-refractivity contribution in [2.45, 2.75) is 22.6 Å². The summed E-state index contributed by atoms with van der Waals surface area (Å²) in [7, 11) is 0. The quantitative estimate of drug-likeness (QED) is 0.495. The summed E-state index contributed by atoms with van der Waals surface area (Å²) in [5.74, 6) is -1.30. The van der Waals surface area contributed by atoms with Crippen LogP contribution in [0.2, 0.25) is 5.02 Å². The molecule has 9 heteroatoms. The van der Waals surface area contributed by atoms with Gasteiger partial charge in [-0.1, -0.05) is 35.1 Å². The van der Waals surface area contributed by atoms with Crippen LogP contribution in [0.15, 0.2) is 58.4 Å². The number of benzene rings is 2. The first kappa shape index (κ1) is 20.9. The van der Waals surface area contributed by atoms with Gasteiger partial charge in [0.15, 0.2) is 0 Å². The van der Waals surface area contributed by atoms with Crippen molar-refractivity contribution in [2.75, 3.05) is 4.90 Å². The van der Waals surface area contributed by atoms with Gasteiger partial charge >= 0.3 is 4.87 Å². The molecule has 2 bridgehead atoms. The first-order valence-electron chi connectivity index (χ1n) is 11.2. The lowest BCUT2D eigenvalue weighted by molar-refractivity contribution is -0.123. The van der Waals surface area contributed by atoms with Crippen molar-refractivity contribution in [3.63, 3.8) is 0 Å². The monoisotopic (exact) mass is 512 g/mol. The van der Waals surface area contributed by atoms with E-state index in [1.54, 1.807) is 11.8 Å². The molecule has 1 aromatic heterocycles. The molecule has 2 aliphatic heterocycles. The number of thiazole rings is 1. The Morgan fingerprint density at radius 3 is 2.32 bits per heavy atom. The fourth-order valence-corrected chi connectivity index (χ4v) is 9.92. The summed E-state index contributed by atoms with van der Waals surface area (Å²) in [4.78, 5) is 44.6. The van der Waals surface area contributed by atoms with E-state index in [1.165, 1.54) is 40.5 Å². The van der Waals surface area contributed by atoms with Crippen LogP contribution in [-0.2, 0) is 9.59 Å². The number of hydrogen-bond donors (Lipinski definition) is 1. The van der Waals surface area contributed by atoms with E-state index in [4.69, 9.17) is 11.6 Å². The van der Waals surface area contributed by atoms with E-state index in [1.807, 2.05) is 24.3 Å². The zero-order chi connectivity index (χ0) is 23.3. The Morgan fingerprint density at radius 2 is 1.62 bits per heavy atom. The normalized spacial score (nSPS) is 33.2. The van der Waals surface area contributed by atoms with Crippen molar-refractivity contribution in [3.05, 3.63) is 79.5 Å². The van der Waals surface area contributed by atoms with Crippen molar-refractivity contribution >= 4 is 52.2 Å². The maximum absolute atomic E-state index is 13.6. The highest BCUT2D eigenvalue weighted by molar-refractivity contribution is 8.00. The van der Waals surface area contributed by atoms with Crippen LogP contribution in [0.3, 0.4) is 0 Å². The molecule has 2 aliphatic carbocycles. The van der Waals surface area contributed by atoms with Crippen LogP contribution in [0.25, 0.3) is 0 Å². The average molecular weight is 513 g/mol. The van der Waals surface area contributed by atoms with Gasteiger partial charge in [0, 0.05) is 21.1 Å². The van der Waals surface area contributed by atoms with Gasteiger partial charge in [0.2, 0.25) is 11.8 Å². The summed E-state index contributed by atoms with van der Waals surface area (Å²) in [6.07, 6.45) is 0.829. The third kappa shape index (κ3) is 2.76. The summed E-state index contributed by atoms with van der Waals surface area (Å²) >= 11 is 9.05. The first-order valence-corrected chi connectivity index (χ1v) is 13.3. The minimum atomic E-state index is -0.406. The van der Waals surface area contributed by atoms with Crippen molar-refractivity contribution in [3.8, 4) is 0 Å². The van der Waals surface area contributed by atoms with Gasteiger partial charge < -0.3 is 4.98 Å². The van der Waals surface area contributed by atoms with Crippen LogP contribution in [-0.4, -0.2) is 22.0 Å². The van der Waals surface area contributed by atoms with E-state index >= 15 is 0 Å². The Labute approximate surface area is 207 Å². The Morgan fingerprint density at radius 1 is 0.941 bits per heavy atom. The molecule has 172 valence electrons. The number of amides is 2.